The number of likely N-dealkylation sites (N-methyl/N-ethyl adjacent to an activating group) is 1. The minimum Gasteiger partial charge on any atom is -0.339 e. The molecule has 7 nitrogen and oxygen atoms in total. The van der Waals surface area contributed by atoms with Crippen LogP contribution >= 0.6 is 11.8 Å². The highest BCUT2D eigenvalue weighted by Gasteiger charge is 2.30. The number of piperazine rings is 1. The van der Waals surface area contributed by atoms with Gasteiger partial charge in [-0.1, -0.05) is 6.92 Å². The number of hydrogen-bond acceptors (Lipinski definition) is 5. The number of carbonyl (C=O) groups excluding carboxylic acids is 3. The summed E-state index contributed by atoms with van der Waals surface area (Å²) >= 11 is 1.46. The van der Waals surface area contributed by atoms with Gasteiger partial charge in [0.15, 0.2) is 0 Å². The molecule has 3 rings (SSSR count). The second kappa shape index (κ2) is 9.63. The highest BCUT2D eigenvalue weighted by atomic mass is 32.2. The lowest BCUT2D eigenvalue weighted by atomic mass is 10.1. The molecule has 0 atom stereocenters. The van der Waals surface area contributed by atoms with E-state index in [1.807, 2.05) is 30.9 Å². The Hall–Kier alpha value is -2.06. The Morgan fingerprint density at radius 2 is 1.76 bits per heavy atom. The number of anilines is 1. The molecule has 2 heterocycles. The Balaban J connectivity index is 1.78. The van der Waals surface area contributed by atoms with Crippen LogP contribution in [0.1, 0.15) is 31.1 Å². The molecule has 0 N–H and O–H groups in total. The molecular formula is C21H30N4O3S. The summed E-state index contributed by atoms with van der Waals surface area (Å²) in [5.41, 5.74) is 1.22. The Morgan fingerprint density at radius 1 is 1.07 bits per heavy atom. The van der Waals surface area contributed by atoms with E-state index in [4.69, 9.17) is 0 Å². The van der Waals surface area contributed by atoms with Crippen LogP contribution in [0.3, 0.4) is 0 Å². The van der Waals surface area contributed by atoms with Gasteiger partial charge in [0.1, 0.15) is 6.54 Å². The summed E-state index contributed by atoms with van der Waals surface area (Å²) in [7, 11) is 0. The van der Waals surface area contributed by atoms with Crippen molar-refractivity contribution in [3.63, 3.8) is 0 Å². The van der Waals surface area contributed by atoms with E-state index in [2.05, 4.69) is 11.8 Å². The molecule has 0 aromatic heterocycles. The van der Waals surface area contributed by atoms with Crippen LogP contribution in [0.5, 0.6) is 0 Å². The minimum absolute atomic E-state index is 0.0292. The maximum atomic E-state index is 12.9. The third-order valence-corrected chi connectivity index (χ3v) is 6.71. The highest BCUT2D eigenvalue weighted by Crippen LogP contribution is 2.36. The molecule has 0 aliphatic carbocycles. The number of nitrogens with zero attached hydrogens (tertiary/aromatic N) is 4. The maximum absolute atomic E-state index is 12.9. The van der Waals surface area contributed by atoms with E-state index in [9.17, 15) is 14.4 Å². The average Bonchev–Trinajstić information content (AvgIpc) is 2.76. The van der Waals surface area contributed by atoms with Gasteiger partial charge in [0.25, 0.3) is 5.91 Å². The Labute approximate surface area is 177 Å². The van der Waals surface area contributed by atoms with Gasteiger partial charge in [0.05, 0.1) is 11.4 Å². The first kappa shape index (κ1) is 21.6. The predicted molar refractivity (Wildman–Crippen MR) is 115 cm³/mol. The molecule has 1 aromatic carbocycles. The fraction of sp³-hybridized carbons (Fsp3) is 0.571. The molecule has 0 spiro atoms. The Bertz CT molecular complexity index is 773. The zero-order chi connectivity index (χ0) is 21.0. The van der Waals surface area contributed by atoms with Crippen LogP contribution in [0, 0.1) is 0 Å². The van der Waals surface area contributed by atoms with Crippen LogP contribution < -0.4 is 4.90 Å². The van der Waals surface area contributed by atoms with Crippen LogP contribution in [0.25, 0.3) is 0 Å². The SMILES string of the molecule is CCN1CCN(C(=O)CN2C(=O)CSc3ccc(C(=O)N(CC)CC)cc32)CC1. The molecule has 0 unspecified atom stereocenters. The molecule has 2 aliphatic rings. The lowest BCUT2D eigenvalue weighted by Gasteiger charge is -2.36. The summed E-state index contributed by atoms with van der Waals surface area (Å²) < 4.78 is 0. The summed E-state index contributed by atoms with van der Waals surface area (Å²) in [6.07, 6.45) is 0. The number of thioether (sulfide) groups is 1. The number of hydrogen-bond donors (Lipinski definition) is 0. The van der Waals surface area contributed by atoms with E-state index < -0.39 is 0 Å². The fourth-order valence-electron chi connectivity index (χ4n) is 3.75. The third-order valence-electron chi connectivity index (χ3n) is 5.67. The number of amides is 3. The summed E-state index contributed by atoms with van der Waals surface area (Å²) in [5, 5.41) is 0. The van der Waals surface area contributed by atoms with Crippen LogP contribution in [-0.4, -0.2) is 90.5 Å². The van der Waals surface area contributed by atoms with Gasteiger partial charge in [0.2, 0.25) is 11.8 Å². The van der Waals surface area contributed by atoms with Crippen molar-refractivity contribution < 1.29 is 14.4 Å². The van der Waals surface area contributed by atoms with Crippen molar-refractivity contribution in [2.45, 2.75) is 25.7 Å². The van der Waals surface area contributed by atoms with Gasteiger partial charge in [-0.25, -0.2) is 0 Å². The average molecular weight is 419 g/mol. The van der Waals surface area contributed by atoms with E-state index in [0.29, 0.717) is 43.2 Å². The first-order chi connectivity index (χ1) is 14.0. The van der Waals surface area contributed by atoms with Crippen molar-refractivity contribution in [3.8, 4) is 0 Å². The molecular weight excluding hydrogens is 388 g/mol. The van der Waals surface area contributed by atoms with E-state index in [-0.39, 0.29) is 24.3 Å². The first-order valence-corrected chi connectivity index (χ1v) is 11.3. The smallest absolute Gasteiger partial charge is 0.253 e. The largest absolute Gasteiger partial charge is 0.339 e. The van der Waals surface area contributed by atoms with Crippen molar-refractivity contribution in [2.75, 3.05) is 63.0 Å². The van der Waals surface area contributed by atoms with E-state index in [1.165, 1.54) is 11.8 Å². The molecule has 1 aromatic rings. The summed E-state index contributed by atoms with van der Waals surface area (Å²) in [4.78, 5) is 46.6. The zero-order valence-corrected chi connectivity index (χ0v) is 18.3. The maximum Gasteiger partial charge on any atom is 0.253 e. The van der Waals surface area contributed by atoms with Gasteiger partial charge in [0, 0.05) is 49.7 Å². The van der Waals surface area contributed by atoms with Gasteiger partial charge in [-0.2, -0.15) is 0 Å². The number of carbonyl (C=O) groups is 3. The second-order valence-electron chi connectivity index (χ2n) is 7.24. The van der Waals surface area contributed by atoms with Gasteiger partial charge in [-0.05, 0) is 38.6 Å². The van der Waals surface area contributed by atoms with Crippen LogP contribution in [0.2, 0.25) is 0 Å². The molecule has 29 heavy (non-hydrogen) atoms. The molecule has 8 heteroatoms. The number of rotatable bonds is 6. The quantitative estimate of drug-likeness (QED) is 0.705. The summed E-state index contributed by atoms with van der Waals surface area (Å²) in [5.74, 6) is 0.137. The molecule has 0 bridgehead atoms. The lowest BCUT2D eigenvalue weighted by Crippen LogP contribution is -2.52. The Morgan fingerprint density at radius 3 is 2.38 bits per heavy atom. The van der Waals surface area contributed by atoms with Crippen molar-refractivity contribution in [3.05, 3.63) is 23.8 Å². The van der Waals surface area contributed by atoms with Gasteiger partial charge >= 0.3 is 0 Å². The third kappa shape index (κ3) is 4.75. The first-order valence-electron chi connectivity index (χ1n) is 10.3. The van der Waals surface area contributed by atoms with Gasteiger partial charge in [-0.15, -0.1) is 11.8 Å². The zero-order valence-electron chi connectivity index (χ0n) is 17.5. The number of benzene rings is 1. The highest BCUT2D eigenvalue weighted by molar-refractivity contribution is 8.00. The van der Waals surface area contributed by atoms with Crippen LogP contribution in [0.4, 0.5) is 5.69 Å². The van der Waals surface area contributed by atoms with Gasteiger partial charge < -0.3 is 19.6 Å². The monoisotopic (exact) mass is 418 g/mol. The molecule has 158 valence electrons. The Kier molecular flexibility index (Phi) is 7.18. The van der Waals surface area contributed by atoms with Crippen LogP contribution in [0.15, 0.2) is 23.1 Å². The van der Waals surface area contributed by atoms with Crippen molar-refractivity contribution in [1.29, 1.82) is 0 Å². The van der Waals surface area contributed by atoms with E-state index >= 15 is 0 Å². The lowest BCUT2D eigenvalue weighted by molar-refractivity contribution is -0.132. The minimum atomic E-state index is -0.0875. The molecule has 1 saturated heterocycles. The molecule has 1 fully saturated rings. The topological polar surface area (TPSA) is 64.2 Å². The van der Waals surface area contributed by atoms with Crippen LogP contribution in [-0.2, 0) is 9.59 Å². The second-order valence-corrected chi connectivity index (χ2v) is 8.26. The van der Waals surface area contributed by atoms with E-state index in [1.54, 1.807) is 15.9 Å². The molecule has 2 aliphatic heterocycles. The van der Waals surface area contributed by atoms with Gasteiger partial charge in [-0.3, -0.25) is 14.4 Å². The molecule has 0 radical (unpaired) electrons. The standard InChI is InChI=1S/C21H30N4O3S/c1-4-22-9-11-24(12-10-22)19(26)14-25-17-13-16(21(28)23(5-2)6-3)7-8-18(17)29-15-20(25)27/h7-8,13H,4-6,9-12,14-15H2,1-3H3. The summed E-state index contributed by atoms with van der Waals surface area (Å²) in [6, 6.07) is 5.47. The van der Waals surface area contributed by atoms with Crippen molar-refractivity contribution >= 4 is 35.2 Å². The normalized spacial score (nSPS) is 17.3. The fourth-order valence-corrected chi connectivity index (χ4v) is 4.67. The molecule has 0 saturated carbocycles. The number of fused-ring (bicyclic) bond motifs is 1. The molecule has 3 amide bonds. The summed E-state index contributed by atoms with van der Waals surface area (Å²) in [6.45, 7) is 11.4. The van der Waals surface area contributed by atoms with Crippen molar-refractivity contribution in [2.24, 2.45) is 0 Å². The van der Waals surface area contributed by atoms with E-state index in [0.717, 1.165) is 24.5 Å². The van der Waals surface area contributed by atoms with Crippen molar-refractivity contribution in [1.82, 2.24) is 14.7 Å². The predicted octanol–water partition coefficient (Wildman–Crippen LogP) is 1.77.